The summed E-state index contributed by atoms with van der Waals surface area (Å²) in [5.41, 5.74) is 7.64. The summed E-state index contributed by atoms with van der Waals surface area (Å²) in [7, 11) is 0. The third-order valence-electron chi connectivity index (χ3n) is 3.17. The van der Waals surface area contributed by atoms with Crippen LogP contribution in [0, 0.1) is 0 Å². The third-order valence-corrected chi connectivity index (χ3v) is 4.35. The lowest BCUT2D eigenvalue weighted by Gasteiger charge is -2.09. The van der Waals surface area contributed by atoms with Gasteiger partial charge in [-0.2, -0.15) is 0 Å². The molecule has 0 saturated heterocycles. The number of carbonyl (C=O) groups excluding carboxylic acids is 1. The monoisotopic (exact) mass is 312 g/mol. The number of carbonyl (C=O) groups is 1. The highest BCUT2D eigenvalue weighted by Gasteiger charge is 2.14. The Kier molecular flexibility index (Phi) is 3.68. The Bertz CT molecular complexity index is 839. The van der Waals surface area contributed by atoms with Crippen molar-refractivity contribution in [2.45, 2.75) is 0 Å². The molecule has 0 aliphatic heterocycles. The number of thiophene rings is 1. The van der Waals surface area contributed by atoms with E-state index >= 15 is 0 Å². The normalized spacial score (nSPS) is 10.5. The number of nitrogens with two attached hydrogens (primary N) is 1. The van der Waals surface area contributed by atoms with Gasteiger partial charge in [0.2, 0.25) is 0 Å². The Hall–Kier alpha value is -2.24. The zero-order valence-corrected chi connectivity index (χ0v) is 12.6. The van der Waals surface area contributed by atoms with Crippen molar-refractivity contribution < 1.29 is 4.79 Å². The van der Waals surface area contributed by atoms with Gasteiger partial charge in [-0.1, -0.05) is 42.5 Å². The van der Waals surface area contributed by atoms with E-state index in [9.17, 15) is 4.79 Å². The van der Waals surface area contributed by atoms with Crippen LogP contribution in [-0.2, 0) is 0 Å². The van der Waals surface area contributed by atoms with Gasteiger partial charge in [-0.05, 0) is 18.2 Å². The van der Waals surface area contributed by atoms with Crippen LogP contribution >= 0.6 is 23.6 Å². The van der Waals surface area contributed by atoms with Crippen LogP contribution in [0.1, 0.15) is 15.9 Å². The minimum atomic E-state index is -0.156. The molecule has 3 rings (SSSR count). The van der Waals surface area contributed by atoms with Crippen molar-refractivity contribution in [1.82, 2.24) is 0 Å². The highest BCUT2D eigenvalue weighted by atomic mass is 32.1. The molecule has 0 saturated carbocycles. The fourth-order valence-electron chi connectivity index (χ4n) is 2.15. The van der Waals surface area contributed by atoms with Gasteiger partial charge in [0.1, 0.15) is 4.99 Å². The Labute approximate surface area is 131 Å². The molecule has 3 N–H and O–H groups in total. The van der Waals surface area contributed by atoms with E-state index in [0.717, 1.165) is 10.1 Å². The standard InChI is InChI=1S/C16H12N2OS2/c17-15(20)11-6-1-3-7-13(11)18-16(19)12-9-21-14-8-4-2-5-10(12)14/h1-9H,(H2,17,20)(H,18,19). The molecule has 3 aromatic rings. The van der Waals surface area contributed by atoms with E-state index in [2.05, 4.69) is 5.32 Å². The number of thiocarbonyl (C=S) groups is 1. The van der Waals surface area contributed by atoms with Crippen molar-refractivity contribution in [2.24, 2.45) is 5.73 Å². The third kappa shape index (κ3) is 2.66. The smallest absolute Gasteiger partial charge is 0.257 e. The summed E-state index contributed by atoms with van der Waals surface area (Å²) in [5, 5.41) is 5.70. The average Bonchev–Trinajstić information content (AvgIpc) is 2.91. The highest BCUT2D eigenvalue weighted by molar-refractivity contribution is 7.80. The zero-order valence-electron chi connectivity index (χ0n) is 11.0. The van der Waals surface area contributed by atoms with Crippen LogP contribution in [-0.4, -0.2) is 10.9 Å². The molecule has 0 radical (unpaired) electrons. The van der Waals surface area contributed by atoms with Crippen molar-refractivity contribution in [3.63, 3.8) is 0 Å². The molecule has 0 bridgehead atoms. The first-order valence-electron chi connectivity index (χ1n) is 6.33. The Morgan fingerprint density at radius 1 is 1.05 bits per heavy atom. The van der Waals surface area contributed by atoms with Gasteiger partial charge >= 0.3 is 0 Å². The van der Waals surface area contributed by atoms with Gasteiger partial charge in [-0.15, -0.1) is 11.3 Å². The minimum Gasteiger partial charge on any atom is -0.389 e. The molecule has 1 heterocycles. The maximum atomic E-state index is 12.5. The Balaban J connectivity index is 1.96. The van der Waals surface area contributed by atoms with Crippen LogP contribution in [0.25, 0.3) is 10.1 Å². The van der Waals surface area contributed by atoms with Crippen molar-refractivity contribution in [3.8, 4) is 0 Å². The summed E-state index contributed by atoms with van der Waals surface area (Å²) < 4.78 is 1.09. The van der Waals surface area contributed by atoms with Gasteiger partial charge in [0, 0.05) is 21.0 Å². The largest absolute Gasteiger partial charge is 0.389 e. The van der Waals surface area contributed by atoms with Crippen molar-refractivity contribution in [2.75, 3.05) is 5.32 Å². The van der Waals surface area contributed by atoms with Gasteiger partial charge < -0.3 is 11.1 Å². The number of para-hydroxylation sites is 1. The fraction of sp³-hybridized carbons (Fsp3) is 0. The molecule has 5 heteroatoms. The summed E-state index contributed by atoms with van der Waals surface area (Å²) in [4.78, 5) is 12.7. The molecule has 0 unspecified atom stereocenters. The number of benzene rings is 2. The number of nitrogens with one attached hydrogen (secondary N) is 1. The van der Waals surface area contributed by atoms with E-state index in [1.807, 2.05) is 41.8 Å². The van der Waals surface area contributed by atoms with Gasteiger partial charge in [0.15, 0.2) is 0 Å². The van der Waals surface area contributed by atoms with Gasteiger partial charge in [0.05, 0.1) is 11.3 Å². The minimum absolute atomic E-state index is 0.156. The van der Waals surface area contributed by atoms with E-state index in [1.165, 1.54) is 0 Å². The molecule has 1 aromatic heterocycles. The maximum Gasteiger partial charge on any atom is 0.257 e. The van der Waals surface area contributed by atoms with Crippen LogP contribution in [0.15, 0.2) is 53.9 Å². The quantitative estimate of drug-likeness (QED) is 0.724. The molecule has 104 valence electrons. The van der Waals surface area contributed by atoms with Crippen LogP contribution in [0.2, 0.25) is 0 Å². The van der Waals surface area contributed by atoms with E-state index in [0.29, 0.717) is 16.8 Å². The Morgan fingerprint density at radius 3 is 2.57 bits per heavy atom. The second-order valence-corrected chi connectivity index (χ2v) is 5.86. The number of amides is 1. The molecule has 1 amide bonds. The summed E-state index contributed by atoms with van der Waals surface area (Å²) in [5.74, 6) is -0.156. The van der Waals surface area contributed by atoms with E-state index < -0.39 is 0 Å². The summed E-state index contributed by atoms with van der Waals surface area (Å²) in [6, 6.07) is 15.1. The van der Waals surface area contributed by atoms with Gasteiger partial charge in [0.25, 0.3) is 5.91 Å². The summed E-state index contributed by atoms with van der Waals surface area (Å²) >= 11 is 6.56. The van der Waals surface area contributed by atoms with Gasteiger partial charge in [-0.3, -0.25) is 4.79 Å². The molecule has 2 aromatic carbocycles. The number of hydrogen-bond donors (Lipinski definition) is 2. The van der Waals surface area contributed by atoms with Crippen LogP contribution < -0.4 is 11.1 Å². The Morgan fingerprint density at radius 2 is 1.76 bits per heavy atom. The van der Waals surface area contributed by atoms with Crippen molar-refractivity contribution in [3.05, 3.63) is 65.0 Å². The number of anilines is 1. The molecule has 0 fully saturated rings. The second kappa shape index (κ2) is 5.63. The lowest BCUT2D eigenvalue weighted by Crippen LogP contribution is -2.17. The van der Waals surface area contributed by atoms with E-state index in [-0.39, 0.29) is 10.9 Å². The SMILES string of the molecule is NC(=S)c1ccccc1NC(=O)c1csc2ccccc12. The predicted octanol–water partition coefficient (Wildman–Crippen LogP) is 3.79. The van der Waals surface area contributed by atoms with Crippen molar-refractivity contribution >= 4 is 50.2 Å². The van der Waals surface area contributed by atoms with Gasteiger partial charge in [-0.25, -0.2) is 0 Å². The topological polar surface area (TPSA) is 55.1 Å². The molecule has 0 aliphatic carbocycles. The molecule has 3 nitrogen and oxygen atoms in total. The van der Waals surface area contributed by atoms with Crippen molar-refractivity contribution in [1.29, 1.82) is 0 Å². The highest BCUT2D eigenvalue weighted by Crippen LogP contribution is 2.26. The predicted molar refractivity (Wildman–Crippen MR) is 92.1 cm³/mol. The van der Waals surface area contributed by atoms with Crippen LogP contribution in [0.5, 0.6) is 0 Å². The number of hydrogen-bond acceptors (Lipinski definition) is 3. The zero-order chi connectivity index (χ0) is 14.8. The molecule has 21 heavy (non-hydrogen) atoms. The average molecular weight is 312 g/mol. The molecular weight excluding hydrogens is 300 g/mol. The molecule has 0 aliphatic rings. The maximum absolute atomic E-state index is 12.5. The first kappa shape index (κ1) is 13.7. The first-order chi connectivity index (χ1) is 10.2. The van der Waals surface area contributed by atoms with Crippen LogP contribution in [0.4, 0.5) is 5.69 Å². The fourth-order valence-corrected chi connectivity index (χ4v) is 3.27. The van der Waals surface area contributed by atoms with Crippen LogP contribution in [0.3, 0.4) is 0 Å². The lowest BCUT2D eigenvalue weighted by molar-refractivity contribution is 0.102. The summed E-state index contributed by atoms with van der Waals surface area (Å²) in [6.07, 6.45) is 0. The first-order valence-corrected chi connectivity index (χ1v) is 7.62. The molecular formula is C16H12N2OS2. The van der Waals surface area contributed by atoms with E-state index in [1.54, 1.807) is 23.5 Å². The molecule has 0 spiro atoms. The number of rotatable bonds is 3. The summed E-state index contributed by atoms with van der Waals surface area (Å²) in [6.45, 7) is 0. The van der Waals surface area contributed by atoms with E-state index in [4.69, 9.17) is 18.0 Å². The lowest BCUT2D eigenvalue weighted by atomic mass is 10.1. The second-order valence-electron chi connectivity index (χ2n) is 4.51. The number of fused-ring (bicyclic) bond motifs is 1. The molecule has 0 atom stereocenters.